The molecule has 1 saturated heterocycles. The van der Waals surface area contributed by atoms with E-state index in [0.29, 0.717) is 25.1 Å². The van der Waals surface area contributed by atoms with E-state index in [0.717, 1.165) is 11.4 Å². The first-order valence-corrected chi connectivity index (χ1v) is 8.05. The fourth-order valence-corrected chi connectivity index (χ4v) is 2.87. The molecular weight excluding hydrogens is 323 g/mol. The van der Waals surface area contributed by atoms with Gasteiger partial charge < -0.3 is 15.0 Å². The Morgan fingerprint density at radius 2 is 1.88 bits per heavy atom. The van der Waals surface area contributed by atoms with Crippen LogP contribution in [-0.4, -0.2) is 32.0 Å². The third kappa shape index (κ3) is 3.96. The van der Waals surface area contributed by atoms with E-state index in [1.54, 1.807) is 12.0 Å². The fourth-order valence-electron chi connectivity index (χ4n) is 2.87. The lowest BCUT2D eigenvalue weighted by atomic mass is 10.1. The van der Waals surface area contributed by atoms with Gasteiger partial charge in [-0.15, -0.1) is 0 Å². The molecule has 0 radical (unpaired) electrons. The number of halogens is 1. The molecule has 25 heavy (non-hydrogen) atoms. The summed E-state index contributed by atoms with van der Waals surface area (Å²) in [4.78, 5) is 26.0. The van der Waals surface area contributed by atoms with Crippen LogP contribution in [0.4, 0.5) is 10.1 Å². The molecule has 1 heterocycles. The van der Waals surface area contributed by atoms with E-state index in [9.17, 15) is 14.0 Å². The number of rotatable bonds is 5. The molecule has 1 aliphatic heterocycles. The molecule has 130 valence electrons. The van der Waals surface area contributed by atoms with Crippen molar-refractivity contribution in [3.63, 3.8) is 0 Å². The van der Waals surface area contributed by atoms with Crippen molar-refractivity contribution in [2.75, 3.05) is 25.1 Å². The summed E-state index contributed by atoms with van der Waals surface area (Å²) in [5, 5.41) is 2.81. The minimum absolute atomic E-state index is 0.0335. The average molecular weight is 342 g/mol. The predicted molar refractivity (Wildman–Crippen MR) is 92.2 cm³/mol. The highest BCUT2D eigenvalue weighted by Gasteiger charge is 2.30. The van der Waals surface area contributed by atoms with E-state index in [1.807, 2.05) is 24.3 Å². The molecular formula is C19H19FN2O3. The van der Waals surface area contributed by atoms with E-state index in [2.05, 4.69) is 5.32 Å². The molecule has 6 heteroatoms. The molecule has 1 unspecified atom stereocenters. The second kappa shape index (κ2) is 7.34. The quantitative estimate of drug-likeness (QED) is 0.909. The Kier molecular flexibility index (Phi) is 4.97. The summed E-state index contributed by atoms with van der Waals surface area (Å²) < 4.78 is 18.0. The van der Waals surface area contributed by atoms with E-state index in [-0.39, 0.29) is 23.5 Å². The van der Waals surface area contributed by atoms with Crippen LogP contribution in [0.25, 0.3) is 0 Å². The maximum atomic E-state index is 12.9. The second-order valence-electron chi connectivity index (χ2n) is 5.99. The summed E-state index contributed by atoms with van der Waals surface area (Å²) in [5.41, 5.74) is 1.22. The minimum atomic E-state index is -0.381. The third-order valence-electron chi connectivity index (χ3n) is 4.25. The lowest BCUT2D eigenvalue weighted by Crippen LogP contribution is -2.31. The van der Waals surface area contributed by atoms with Gasteiger partial charge in [0.1, 0.15) is 11.6 Å². The van der Waals surface area contributed by atoms with Crippen LogP contribution in [0.2, 0.25) is 0 Å². The minimum Gasteiger partial charge on any atom is -0.497 e. The highest BCUT2D eigenvalue weighted by molar-refractivity contribution is 5.96. The monoisotopic (exact) mass is 342 g/mol. The Hall–Kier alpha value is -2.89. The Bertz CT molecular complexity index is 759. The number of nitrogens with zero attached hydrogens (tertiary/aromatic N) is 1. The van der Waals surface area contributed by atoms with Crippen molar-refractivity contribution in [1.29, 1.82) is 0 Å². The van der Waals surface area contributed by atoms with E-state index >= 15 is 0 Å². The zero-order valence-electron chi connectivity index (χ0n) is 13.9. The smallest absolute Gasteiger partial charge is 0.251 e. The number of nitrogens with one attached hydrogen (secondary N) is 1. The van der Waals surface area contributed by atoms with E-state index in [4.69, 9.17) is 4.74 Å². The Labute approximate surface area is 145 Å². The van der Waals surface area contributed by atoms with Gasteiger partial charge in [0.2, 0.25) is 5.91 Å². The normalized spacial score (nSPS) is 16.8. The largest absolute Gasteiger partial charge is 0.497 e. The molecule has 2 aromatic carbocycles. The number of hydrogen-bond donors (Lipinski definition) is 1. The Balaban J connectivity index is 1.57. The third-order valence-corrected chi connectivity index (χ3v) is 4.25. The van der Waals surface area contributed by atoms with Gasteiger partial charge in [0, 0.05) is 36.7 Å². The Morgan fingerprint density at radius 3 is 2.52 bits per heavy atom. The van der Waals surface area contributed by atoms with Gasteiger partial charge in [-0.25, -0.2) is 4.39 Å². The van der Waals surface area contributed by atoms with Crippen molar-refractivity contribution in [3.05, 3.63) is 59.9 Å². The predicted octanol–water partition coefficient (Wildman–Crippen LogP) is 2.62. The molecule has 0 saturated carbocycles. The molecule has 2 aromatic rings. The first-order chi connectivity index (χ1) is 12.1. The maximum Gasteiger partial charge on any atom is 0.251 e. The van der Waals surface area contributed by atoms with Crippen molar-refractivity contribution in [2.45, 2.75) is 6.42 Å². The molecule has 0 aliphatic carbocycles. The number of amides is 2. The summed E-state index contributed by atoms with van der Waals surface area (Å²) in [5.74, 6) is 0.159. The summed E-state index contributed by atoms with van der Waals surface area (Å²) in [7, 11) is 1.59. The molecule has 3 rings (SSSR count). The lowest BCUT2D eigenvalue weighted by Gasteiger charge is -2.17. The molecule has 0 spiro atoms. The van der Waals surface area contributed by atoms with Gasteiger partial charge in [-0.1, -0.05) is 0 Å². The zero-order chi connectivity index (χ0) is 17.8. The first-order valence-electron chi connectivity index (χ1n) is 8.05. The summed E-state index contributed by atoms with van der Waals surface area (Å²) in [6.07, 6.45) is 0.385. The van der Waals surface area contributed by atoms with Gasteiger partial charge in [-0.05, 0) is 48.5 Å². The summed E-state index contributed by atoms with van der Waals surface area (Å²) in [6, 6.07) is 12.7. The lowest BCUT2D eigenvalue weighted by molar-refractivity contribution is -0.117. The fraction of sp³-hybridized carbons (Fsp3) is 0.263. The van der Waals surface area contributed by atoms with E-state index in [1.165, 1.54) is 24.3 Å². The molecule has 1 aliphatic rings. The van der Waals surface area contributed by atoms with Gasteiger partial charge in [0.05, 0.1) is 7.11 Å². The maximum absolute atomic E-state index is 12.9. The number of hydrogen-bond acceptors (Lipinski definition) is 3. The van der Waals surface area contributed by atoms with Gasteiger partial charge >= 0.3 is 0 Å². The van der Waals surface area contributed by atoms with Crippen LogP contribution in [0, 0.1) is 11.7 Å². The van der Waals surface area contributed by atoms with Gasteiger partial charge in [-0.3, -0.25) is 9.59 Å². The summed E-state index contributed by atoms with van der Waals surface area (Å²) in [6.45, 7) is 0.948. The number of carbonyl (C=O) groups is 2. The number of ether oxygens (including phenoxy) is 1. The highest BCUT2D eigenvalue weighted by Crippen LogP contribution is 2.26. The number of methoxy groups -OCH3 is 1. The molecule has 1 N–H and O–H groups in total. The Morgan fingerprint density at radius 1 is 1.20 bits per heavy atom. The average Bonchev–Trinajstić information content (AvgIpc) is 3.01. The van der Waals surface area contributed by atoms with E-state index < -0.39 is 0 Å². The van der Waals surface area contributed by atoms with Crippen molar-refractivity contribution in [2.24, 2.45) is 5.92 Å². The first kappa shape index (κ1) is 17.0. The van der Waals surface area contributed by atoms with Crippen molar-refractivity contribution in [1.82, 2.24) is 5.32 Å². The summed E-state index contributed by atoms with van der Waals surface area (Å²) >= 11 is 0. The van der Waals surface area contributed by atoms with Crippen LogP contribution in [0.5, 0.6) is 5.75 Å². The standard InChI is InChI=1S/C19H19FN2O3/c1-25-17-8-6-16(7-9-17)22-12-13(10-18(22)23)11-21-19(24)14-2-4-15(20)5-3-14/h2-9,13H,10-12H2,1H3,(H,21,24). The highest BCUT2D eigenvalue weighted by atomic mass is 19.1. The van der Waals surface area contributed by atoms with Crippen LogP contribution < -0.4 is 15.0 Å². The molecule has 1 atom stereocenters. The van der Waals surface area contributed by atoms with Crippen LogP contribution in [0.3, 0.4) is 0 Å². The molecule has 1 fully saturated rings. The van der Waals surface area contributed by atoms with Crippen molar-refractivity contribution >= 4 is 17.5 Å². The van der Waals surface area contributed by atoms with Crippen molar-refractivity contribution in [3.8, 4) is 5.75 Å². The van der Waals surface area contributed by atoms with Crippen LogP contribution in [0.15, 0.2) is 48.5 Å². The molecule has 0 aromatic heterocycles. The number of carbonyl (C=O) groups excluding carboxylic acids is 2. The molecule has 0 bridgehead atoms. The molecule has 5 nitrogen and oxygen atoms in total. The van der Waals surface area contributed by atoms with Gasteiger partial charge in [0.25, 0.3) is 5.91 Å². The van der Waals surface area contributed by atoms with Gasteiger partial charge in [0.15, 0.2) is 0 Å². The van der Waals surface area contributed by atoms with Crippen molar-refractivity contribution < 1.29 is 18.7 Å². The van der Waals surface area contributed by atoms with Gasteiger partial charge in [-0.2, -0.15) is 0 Å². The van der Waals surface area contributed by atoms with Crippen LogP contribution in [-0.2, 0) is 4.79 Å². The van der Waals surface area contributed by atoms with Crippen LogP contribution in [0.1, 0.15) is 16.8 Å². The zero-order valence-corrected chi connectivity index (χ0v) is 13.9. The topological polar surface area (TPSA) is 58.6 Å². The number of benzene rings is 2. The second-order valence-corrected chi connectivity index (χ2v) is 5.99. The van der Waals surface area contributed by atoms with Crippen LogP contribution >= 0.6 is 0 Å². The SMILES string of the molecule is COc1ccc(N2CC(CNC(=O)c3ccc(F)cc3)CC2=O)cc1. The number of anilines is 1. The molecule has 2 amide bonds.